The molecule has 0 aliphatic heterocycles. The zero-order valence-corrected chi connectivity index (χ0v) is 9.94. The van der Waals surface area contributed by atoms with Crippen LogP contribution in [-0.4, -0.2) is 19.7 Å². The maximum Gasteiger partial charge on any atom is 0.419 e. The largest absolute Gasteiger partial charge is 0.419 e. The van der Waals surface area contributed by atoms with E-state index in [4.69, 9.17) is 5.84 Å². The second-order valence-corrected chi connectivity index (χ2v) is 3.88. The van der Waals surface area contributed by atoms with Gasteiger partial charge >= 0.3 is 6.18 Å². The number of anilines is 1. The van der Waals surface area contributed by atoms with Crippen molar-refractivity contribution < 1.29 is 13.2 Å². The number of nitrogens with zero attached hydrogens (tertiary/aromatic N) is 4. The van der Waals surface area contributed by atoms with Gasteiger partial charge in [-0.05, 0) is 6.92 Å². The molecule has 6 nitrogen and oxygen atoms in total. The molecule has 0 aliphatic rings. The average Bonchev–Trinajstić information content (AvgIpc) is 2.76. The lowest BCUT2D eigenvalue weighted by Gasteiger charge is -2.05. The third-order valence-corrected chi connectivity index (χ3v) is 2.31. The minimum absolute atomic E-state index is 0.0342. The second kappa shape index (κ2) is 4.84. The van der Waals surface area contributed by atoms with E-state index in [2.05, 4.69) is 20.5 Å². The van der Waals surface area contributed by atoms with Crippen LogP contribution in [0.1, 0.15) is 17.1 Å². The lowest BCUT2D eigenvalue weighted by molar-refractivity contribution is -0.137. The van der Waals surface area contributed by atoms with Crippen LogP contribution in [-0.2, 0) is 12.7 Å². The molecule has 0 fully saturated rings. The number of aromatic nitrogens is 4. The van der Waals surface area contributed by atoms with Gasteiger partial charge in [0.05, 0.1) is 11.8 Å². The van der Waals surface area contributed by atoms with E-state index in [1.807, 2.05) is 0 Å². The first-order valence-corrected chi connectivity index (χ1v) is 5.29. The normalized spacial score (nSPS) is 11.6. The third-order valence-electron chi connectivity index (χ3n) is 2.31. The number of nitrogens with two attached hydrogens (primary N) is 1. The van der Waals surface area contributed by atoms with Gasteiger partial charge in [0.25, 0.3) is 0 Å². The summed E-state index contributed by atoms with van der Waals surface area (Å²) in [5.74, 6) is 5.95. The molecule has 0 saturated heterocycles. The van der Waals surface area contributed by atoms with Crippen molar-refractivity contribution in [1.29, 1.82) is 0 Å². The van der Waals surface area contributed by atoms with Gasteiger partial charge in [-0.3, -0.25) is 4.68 Å². The molecule has 0 aliphatic carbocycles. The third kappa shape index (κ3) is 3.19. The van der Waals surface area contributed by atoms with Gasteiger partial charge < -0.3 is 5.43 Å². The summed E-state index contributed by atoms with van der Waals surface area (Å²) in [6, 6.07) is 1.62. The van der Waals surface area contributed by atoms with Gasteiger partial charge in [0.1, 0.15) is 12.4 Å². The van der Waals surface area contributed by atoms with Crippen LogP contribution in [0.5, 0.6) is 0 Å². The summed E-state index contributed by atoms with van der Waals surface area (Å²) in [6.45, 7) is 1.77. The maximum absolute atomic E-state index is 12.4. The first-order valence-electron chi connectivity index (χ1n) is 5.29. The molecule has 19 heavy (non-hydrogen) atoms. The summed E-state index contributed by atoms with van der Waals surface area (Å²) in [4.78, 5) is 8.13. The smallest absolute Gasteiger partial charge is 0.308 e. The van der Waals surface area contributed by atoms with Gasteiger partial charge in [-0.15, -0.1) is 0 Å². The van der Waals surface area contributed by atoms with Crippen molar-refractivity contribution in [1.82, 2.24) is 19.7 Å². The van der Waals surface area contributed by atoms with Crippen LogP contribution in [0.15, 0.2) is 18.5 Å². The highest BCUT2D eigenvalue weighted by atomic mass is 19.4. The van der Waals surface area contributed by atoms with Gasteiger partial charge in [-0.25, -0.2) is 15.8 Å². The van der Waals surface area contributed by atoms with Gasteiger partial charge in [0.2, 0.25) is 0 Å². The van der Waals surface area contributed by atoms with Crippen LogP contribution in [0.4, 0.5) is 19.0 Å². The SMILES string of the molecule is Cc1cc(NN)nc(Cn2cc(C(F)(F)F)cn2)n1. The quantitative estimate of drug-likeness (QED) is 0.650. The number of nitrogens with one attached hydrogen (secondary N) is 1. The highest BCUT2D eigenvalue weighted by molar-refractivity contribution is 5.33. The molecule has 0 unspecified atom stereocenters. The molecule has 2 heterocycles. The molecule has 0 bridgehead atoms. The summed E-state index contributed by atoms with van der Waals surface area (Å²) in [7, 11) is 0. The number of hydrogen-bond acceptors (Lipinski definition) is 5. The highest BCUT2D eigenvalue weighted by Gasteiger charge is 2.32. The predicted octanol–water partition coefficient (Wildman–Crippen LogP) is 1.33. The summed E-state index contributed by atoms with van der Waals surface area (Å²) >= 11 is 0. The molecule has 0 radical (unpaired) electrons. The van der Waals surface area contributed by atoms with Crippen molar-refractivity contribution in [3.8, 4) is 0 Å². The number of rotatable bonds is 3. The van der Waals surface area contributed by atoms with E-state index in [-0.39, 0.29) is 6.54 Å². The topological polar surface area (TPSA) is 81.6 Å². The molecule has 0 amide bonds. The molecule has 102 valence electrons. The van der Waals surface area contributed by atoms with Crippen LogP contribution in [0, 0.1) is 6.92 Å². The Bertz CT molecular complexity index is 577. The molecule has 0 atom stereocenters. The summed E-state index contributed by atoms with van der Waals surface area (Å²) in [6.07, 6.45) is -2.74. The van der Waals surface area contributed by atoms with Crippen molar-refractivity contribution in [2.24, 2.45) is 5.84 Å². The van der Waals surface area contributed by atoms with Gasteiger partial charge in [0, 0.05) is 18.0 Å². The van der Waals surface area contributed by atoms with Crippen LogP contribution < -0.4 is 11.3 Å². The predicted molar refractivity (Wildman–Crippen MR) is 60.9 cm³/mol. The highest BCUT2D eigenvalue weighted by Crippen LogP contribution is 2.28. The number of halogens is 3. The molecule has 2 aromatic rings. The lowest BCUT2D eigenvalue weighted by atomic mass is 10.3. The first kappa shape index (κ1) is 13.3. The van der Waals surface area contributed by atoms with Crippen molar-refractivity contribution in [2.45, 2.75) is 19.6 Å². The van der Waals surface area contributed by atoms with E-state index in [1.54, 1.807) is 13.0 Å². The Morgan fingerprint density at radius 1 is 1.37 bits per heavy atom. The Balaban J connectivity index is 2.21. The fourth-order valence-electron chi connectivity index (χ4n) is 1.52. The molecular weight excluding hydrogens is 261 g/mol. The minimum Gasteiger partial charge on any atom is -0.308 e. The molecular formula is C10H11F3N6. The monoisotopic (exact) mass is 272 g/mol. The first-order chi connectivity index (χ1) is 8.88. The van der Waals surface area contributed by atoms with Crippen LogP contribution in [0.25, 0.3) is 0 Å². The number of hydrogen-bond donors (Lipinski definition) is 2. The number of aryl methyl sites for hydroxylation is 1. The Hall–Kier alpha value is -2.16. The Morgan fingerprint density at radius 3 is 2.68 bits per heavy atom. The van der Waals surface area contributed by atoms with Gasteiger partial charge in [-0.2, -0.15) is 18.3 Å². The van der Waals surface area contributed by atoms with Gasteiger partial charge in [-0.1, -0.05) is 0 Å². The van der Waals surface area contributed by atoms with Crippen molar-refractivity contribution in [3.63, 3.8) is 0 Å². The Kier molecular flexibility index (Phi) is 3.38. The van der Waals surface area contributed by atoms with Crippen LogP contribution in [0.3, 0.4) is 0 Å². The van der Waals surface area contributed by atoms with Crippen LogP contribution >= 0.6 is 0 Å². The molecule has 0 spiro atoms. The van der Waals surface area contributed by atoms with Crippen LogP contribution in [0.2, 0.25) is 0 Å². The second-order valence-electron chi connectivity index (χ2n) is 3.88. The molecule has 0 aromatic carbocycles. The fourth-order valence-corrected chi connectivity index (χ4v) is 1.52. The van der Waals surface area contributed by atoms with E-state index in [1.165, 1.54) is 0 Å². The van der Waals surface area contributed by atoms with Crippen molar-refractivity contribution in [3.05, 3.63) is 35.5 Å². The zero-order valence-electron chi connectivity index (χ0n) is 9.94. The maximum atomic E-state index is 12.4. The van der Waals surface area contributed by atoms with Crippen molar-refractivity contribution >= 4 is 5.82 Å². The lowest BCUT2D eigenvalue weighted by Crippen LogP contribution is -2.13. The van der Waals surface area contributed by atoms with E-state index in [0.29, 0.717) is 17.3 Å². The molecule has 9 heteroatoms. The molecule has 3 N–H and O–H groups in total. The zero-order chi connectivity index (χ0) is 14.0. The Morgan fingerprint density at radius 2 is 2.11 bits per heavy atom. The Labute approximate surface area is 106 Å². The summed E-state index contributed by atoms with van der Waals surface area (Å²) in [5, 5.41) is 3.63. The summed E-state index contributed by atoms with van der Waals surface area (Å²) < 4.78 is 38.4. The molecule has 0 saturated carbocycles. The molecule has 2 rings (SSSR count). The fraction of sp³-hybridized carbons (Fsp3) is 0.300. The van der Waals surface area contributed by atoms with Gasteiger partial charge in [0.15, 0.2) is 5.82 Å². The average molecular weight is 272 g/mol. The van der Waals surface area contributed by atoms with Crippen molar-refractivity contribution in [2.75, 3.05) is 5.43 Å². The van der Waals surface area contributed by atoms with E-state index < -0.39 is 11.7 Å². The van der Waals surface area contributed by atoms with E-state index in [0.717, 1.165) is 17.1 Å². The number of nitrogen functional groups attached to an aromatic ring is 1. The molecule has 2 aromatic heterocycles. The summed E-state index contributed by atoms with van der Waals surface area (Å²) in [5.41, 5.74) is 2.21. The minimum atomic E-state index is -4.41. The van der Waals surface area contributed by atoms with E-state index >= 15 is 0 Å². The number of alkyl halides is 3. The standard InChI is InChI=1S/C10H11F3N6/c1-6-2-8(18-14)17-9(16-6)5-19-4-7(3-15-19)10(11,12)13/h2-4H,5,14H2,1H3,(H,16,17,18). The van der Waals surface area contributed by atoms with E-state index in [9.17, 15) is 13.2 Å². The number of hydrazine groups is 1.